The van der Waals surface area contributed by atoms with Gasteiger partial charge in [-0.25, -0.2) is 4.98 Å². The molecule has 1 N–H and O–H groups in total. The Bertz CT molecular complexity index is 614. The molecule has 1 aliphatic heterocycles. The molecule has 1 aliphatic rings. The van der Waals surface area contributed by atoms with Crippen molar-refractivity contribution in [2.24, 2.45) is 7.05 Å². The van der Waals surface area contributed by atoms with Crippen LogP contribution in [0, 0.1) is 11.3 Å². The molecule has 0 amide bonds. The minimum Gasteiger partial charge on any atom is -0.331 e. The highest BCUT2D eigenvalue weighted by molar-refractivity contribution is 5.77. The molecule has 1 unspecified atom stereocenters. The van der Waals surface area contributed by atoms with E-state index in [0.29, 0.717) is 11.5 Å². The second-order valence-electron chi connectivity index (χ2n) is 4.89. The number of aromatic nitrogens is 2. The number of piperidine rings is 1. The van der Waals surface area contributed by atoms with Crippen LogP contribution in [0.15, 0.2) is 18.2 Å². The third-order valence-electron chi connectivity index (χ3n) is 3.71. The van der Waals surface area contributed by atoms with E-state index in [9.17, 15) is 0 Å². The van der Waals surface area contributed by atoms with Crippen molar-refractivity contribution in [1.29, 1.82) is 5.26 Å². The molecule has 3 rings (SSSR count). The van der Waals surface area contributed by atoms with Gasteiger partial charge in [-0.15, -0.1) is 0 Å². The molecular formula is C14H16N4. The number of benzene rings is 1. The quantitative estimate of drug-likeness (QED) is 0.828. The van der Waals surface area contributed by atoms with Gasteiger partial charge in [-0.3, -0.25) is 0 Å². The lowest BCUT2D eigenvalue weighted by Crippen LogP contribution is -2.29. The van der Waals surface area contributed by atoms with Crippen molar-refractivity contribution in [2.45, 2.75) is 18.8 Å². The summed E-state index contributed by atoms with van der Waals surface area (Å²) in [6.07, 6.45) is 2.40. The Morgan fingerprint density at radius 3 is 3.11 bits per heavy atom. The SMILES string of the molecule is Cn1c(C2CCCNC2)nc2ccc(C#N)cc21. The van der Waals surface area contributed by atoms with Gasteiger partial charge >= 0.3 is 0 Å². The third-order valence-corrected chi connectivity index (χ3v) is 3.71. The lowest BCUT2D eigenvalue weighted by Gasteiger charge is -2.22. The Morgan fingerprint density at radius 2 is 2.39 bits per heavy atom. The standard InChI is InChI=1S/C14H16N4/c1-18-13-7-10(8-15)4-5-12(13)17-14(18)11-3-2-6-16-9-11/h4-5,7,11,16H,2-3,6,9H2,1H3. The number of nitrogens with zero attached hydrogens (tertiary/aromatic N) is 3. The molecule has 1 atom stereocenters. The fourth-order valence-electron chi connectivity index (χ4n) is 2.72. The van der Waals surface area contributed by atoms with Crippen molar-refractivity contribution >= 4 is 11.0 Å². The van der Waals surface area contributed by atoms with Crippen molar-refractivity contribution in [3.63, 3.8) is 0 Å². The van der Waals surface area contributed by atoms with E-state index in [1.807, 2.05) is 25.2 Å². The Morgan fingerprint density at radius 1 is 1.50 bits per heavy atom. The summed E-state index contributed by atoms with van der Waals surface area (Å²) in [4.78, 5) is 4.72. The molecule has 92 valence electrons. The number of hydrogen-bond donors (Lipinski definition) is 1. The Hall–Kier alpha value is -1.86. The summed E-state index contributed by atoms with van der Waals surface area (Å²) in [6.45, 7) is 2.11. The monoisotopic (exact) mass is 240 g/mol. The van der Waals surface area contributed by atoms with E-state index in [1.54, 1.807) is 0 Å². The van der Waals surface area contributed by atoms with Crippen LogP contribution in [0.3, 0.4) is 0 Å². The molecular weight excluding hydrogens is 224 g/mol. The lowest BCUT2D eigenvalue weighted by molar-refractivity contribution is 0.440. The van der Waals surface area contributed by atoms with Gasteiger partial charge < -0.3 is 9.88 Å². The van der Waals surface area contributed by atoms with E-state index >= 15 is 0 Å². The van der Waals surface area contributed by atoms with Crippen LogP contribution < -0.4 is 5.32 Å². The number of nitriles is 1. The predicted octanol–water partition coefficient (Wildman–Crippen LogP) is 1.91. The largest absolute Gasteiger partial charge is 0.331 e. The van der Waals surface area contributed by atoms with E-state index in [-0.39, 0.29) is 0 Å². The van der Waals surface area contributed by atoms with Gasteiger partial charge in [-0.2, -0.15) is 5.26 Å². The zero-order chi connectivity index (χ0) is 12.5. The van der Waals surface area contributed by atoms with Crippen LogP contribution in [0.25, 0.3) is 11.0 Å². The third kappa shape index (κ3) is 1.77. The molecule has 1 aromatic carbocycles. The minimum absolute atomic E-state index is 0.488. The molecule has 1 aromatic heterocycles. The maximum absolute atomic E-state index is 8.95. The summed E-state index contributed by atoms with van der Waals surface area (Å²) in [6, 6.07) is 7.87. The summed E-state index contributed by atoms with van der Waals surface area (Å²) in [5.41, 5.74) is 2.73. The zero-order valence-corrected chi connectivity index (χ0v) is 10.5. The van der Waals surface area contributed by atoms with Gasteiger partial charge in [0.1, 0.15) is 5.82 Å². The van der Waals surface area contributed by atoms with E-state index in [0.717, 1.165) is 29.9 Å². The Kier molecular flexibility index (Phi) is 2.77. The van der Waals surface area contributed by atoms with Gasteiger partial charge in [0.05, 0.1) is 22.7 Å². The number of rotatable bonds is 1. The first-order valence-electron chi connectivity index (χ1n) is 6.37. The molecule has 4 nitrogen and oxygen atoms in total. The molecule has 0 radical (unpaired) electrons. The van der Waals surface area contributed by atoms with Crippen LogP contribution >= 0.6 is 0 Å². The number of imidazole rings is 1. The molecule has 1 saturated heterocycles. The number of fused-ring (bicyclic) bond motifs is 1. The number of hydrogen-bond acceptors (Lipinski definition) is 3. The first-order valence-corrected chi connectivity index (χ1v) is 6.37. The highest BCUT2D eigenvalue weighted by atomic mass is 15.1. The second-order valence-corrected chi connectivity index (χ2v) is 4.89. The lowest BCUT2D eigenvalue weighted by atomic mass is 9.99. The van der Waals surface area contributed by atoms with E-state index in [2.05, 4.69) is 16.0 Å². The summed E-state index contributed by atoms with van der Waals surface area (Å²) in [7, 11) is 2.04. The zero-order valence-electron chi connectivity index (χ0n) is 10.5. The Balaban J connectivity index is 2.08. The molecule has 4 heteroatoms. The van der Waals surface area contributed by atoms with Gasteiger partial charge in [-0.1, -0.05) is 0 Å². The molecule has 1 fully saturated rings. The van der Waals surface area contributed by atoms with Gasteiger partial charge in [0, 0.05) is 19.5 Å². The van der Waals surface area contributed by atoms with Crippen LogP contribution in [0.5, 0.6) is 0 Å². The van der Waals surface area contributed by atoms with E-state index in [1.165, 1.54) is 12.8 Å². The average Bonchev–Trinajstić information content (AvgIpc) is 2.77. The highest BCUT2D eigenvalue weighted by Crippen LogP contribution is 2.26. The molecule has 0 saturated carbocycles. The van der Waals surface area contributed by atoms with Gasteiger partial charge in [0.25, 0.3) is 0 Å². The number of aryl methyl sites for hydroxylation is 1. The maximum atomic E-state index is 8.95. The molecule has 2 heterocycles. The molecule has 0 spiro atoms. The maximum Gasteiger partial charge on any atom is 0.114 e. The van der Waals surface area contributed by atoms with Crippen molar-refractivity contribution in [3.8, 4) is 6.07 Å². The predicted molar refractivity (Wildman–Crippen MR) is 70.3 cm³/mol. The van der Waals surface area contributed by atoms with Crippen LogP contribution in [0.2, 0.25) is 0 Å². The van der Waals surface area contributed by atoms with Crippen molar-refractivity contribution in [3.05, 3.63) is 29.6 Å². The average molecular weight is 240 g/mol. The fourth-order valence-corrected chi connectivity index (χ4v) is 2.72. The van der Waals surface area contributed by atoms with Crippen LogP contribution in [0.1, 0.15) is 30.1 Å². The summed E-state index contributed by atoms with van der Waals surface area (Å²) in [5, 5.41) is 12.4. The van der Waals surface area contributed by atoms with Crippen molar-refractivity contribution in [2.75, 3.05) is 13.1 Å². The molecule has 0 bridgehead atoms. The topological polar surface area (TPSA) is 53.6 Å². The molecule has 18 heavy (non-hydrogen) atoms. The van der Waals surface area contributed by atoms with Crippen LogP contribution in [-0.4, -0.2) is 22.6 Å². The summed E-state index contributed by atoms with van der Waals surface area (Å²) >= 11 is 0. The normalized spacial score (nSPS) is 19.9. The van der Waals surface area contributed by atoms with Gasteiger partial charge in [0.2, 0.25) is 0 Å². The van der Waals surface area contributed by atoms with Gasteiger partial charge in [-0.05, 0) is 37.6 Å². The summed E-state index contributed by atoms with van der Waals surface area (Å²) in [5.74, 6) is 1.62. The number of nitrogens with one attached hydrogen (secondary N) is 1. The smallest absolute Gasteiger partial charge is 0.114 e. The van der Waals surface area contributed by atoms with Crippen molar-refractivity contribution in [1.82, 2.24) is 14.9 Å². The Labute approximate surface area is 106 Å². The van der Waals surface area contributed by atoms with Crippen LogP contribution in [-0.2, 0) is 7.05 Å². The molecule has 0 aliphatic carbocycles. The van der Waals surface area contributed by atoms with Gasteiger partial charge in [0.15, 0.2) is 0 Å². The second kappa shape index (κ2) is 4.43. The first-order chi connectivity index (χ1) is 8.79. The van der Waals surface area contributed by atoms with Crippen molar-refractivity contribution < 1.29 is 0 Å². The fraction of sp³-hybridized carbons (Fsp3) is 0.429. The first kappa shape index (κ1) is 11.2. The molecule has 2 aromatic rings. The van der Waals surface area contributed by atoms with E-state index in [4.69, 9.17) is 10.2 Å². The minimum atomic E-state index is 0.488. The van der Waals surface area contributed by atoms with E-state index < -0.39 is 0 Å². The summed E-state index contributed by atoms with van der Waals surface area (Å²) < 4.78 is 2.13. The highest BCUT2D eigenvalue weighted by Gasteiger charge is 2.20. The van der Waals surface area contributed by atoms with Crippen LogP contribution in [0.4, 0.5) is 0 Å².